The van der Waals surface area contributed by atoms with Crippen LogP contribution in [0.1, 0.15) is 0 Å². The lowest BCUT2D eigenvalue weighted by atomic mass is 10.1. The molecule has 0 N–H and O–H groups in total. The average Bonchev–Trinajstić information content (AvgIpc) is 1.98. The van der Waals surface area contributed by atoms with Crippen molar-refractivity contribution in [2.75, 3.05) is 20.0 Å². The first-order valence-corrected chi connectivity index (χ1v) is 7.15. The Bertz CT molecular complexity index is 257. The van der Waals surface area contributed by atoms with Crippen LogP contribution < -0.4 is 0 Å². The maximum absolute atomic E-state index is 13.1. The van der Waals surface area contributed by atoms with Gasteiger partial charge in [0.2, 0.25) is 0 Å². The van der Waals surface area contributed by atoms with Gasteiger partial charge in [-0.25, -0.2) is 0 Å². The van der Waals surface area contributed by atoms with Crippen LogP contribution in [0.4, 0.5) is 39.5 Å². The van der Waals surface area contributed by atoms with Gasteiger partial charge in [0, 0.05) is 0 Å². The average molecular weight is 295 g/mol. The van der Waals surface area contributed by atoms with Gasteiger partial charge in [0.15, 0.2) is 0 Å². The van der Waals surface area contributed by atoms with E-state index in [2.05, 4.69) is 0 Å². The molecule has 0 saturated heterocycles. The highest BCUT2D eigenvalue weighted by Gasteiger charge is 2.86. The van der Waals surface area contributed by atoms with Crippen molar-refractivity contribution in [1.29, 1.82) is 0 Å². The van der Waals surface area contributed by atoms with Crippen molar-refractivity contribution >= 4 is 7.26 Å². The number of hydrogen-bond acceptors (Lipinski definition) is 0. The number of rotatable bonds is 3. The zero-order valence-electron chi connectivity index (χ0n) is 8.85. The lowest BCUT2D eigenvalue weighted by Crippen LogP contribution is -2.61. The van der Waals surface area contributed by atoms with Crippen LogP contribution in [0, 0.1) is 0 Å². The van der Waals surface area contributed by atoms with E-state index in [-0.39, 0.29) is 0 Å². The van der Waals surface area contributed by atoms with Gasteiger partial charge in [-0.05, 0) is 0 Å². The third-order valence-corrected chi connectivity index (χ3v) is 3.94. The van der Waals surface area contributed by atoms with E-state index in [0.717, 1.165) is 0 Å². The van der Waals surface area contributed by atoms with Gasteiger partial charge in [0.25, 0.3) is 0 Å². The van der Waals surface area contributed by atoms with Gasteiger partial charge < -0.3 is 0 Å². The fraction of sp³-hybridized carbons (Fsp3) is 1.00. The predicted octanol–water partition coefficient (Wildman–Crippen LogP) is 4.32. The third kappa shape index (κ3) is 2.35. The summed E-state index contributed by atoms with van der Waals surface area (Å²) < 4.78 is 112. The van der Waals surface area contributed by atoms with Crippen molar-refractivity contribution in [2.24, 2.45) is 0 Å². The molecule has 0 aliphatic rings. The van der Waals surface area contributed by atoms with Gasteiger partial charge in [-0.1, -0.05) is 0 Å². The minimum Gasteiger partial charge on any atom is -0.189 e. The largest absolute Gasteiger partial charge is 0.460 e. The number of halogens is 9. The Balaban J connectivity index is 5.73. The fourth-order valence-electron chi connectivity index (χ4n) is 0.788. The molecule has 0 aromatic carbocycles. The van der Waals surface area contributed by atoms with Crippen molar-refractivity contribution in [3.63, 3.8) is 0 Å². The van der Waals surface area contributed by atoms with Gasteiger partial charge in [0.1, 0.15) is 0 Å². The van der Waals surface area contributed by atoms with E-state index in [1.54, 1.807) is 0 Å². The van der Waals surface area contributed by atoms with Gasteiger partial charge in [-0.2, -0.15) is 39.5 Å². The summed E-state index contributed by atoms with van der Waals surface area (Å²) in [5, 5.41) is 0. The highest BCUT2D eigenvalue weighted by atomic mass is 31.2. The van der Waals surface area contributed by atoms with Gasteiger partial charge in [0.05, 0.1) is 27.3 Å². The summed E-state index contributed by atoms with van der Waals surface area (Å²) >= 11 is 0. The standard InChI is InChI=1S/C7H9F9P/c1-17(2,3)7(15,16)5(10,11)4(8,9)6(12,13)14/h1-3H3/q+1. The van der Waals surface area contributed by atoms with Crippen molar-refractivity contribution in [1.82, 2.24) is 0 Å². The smallest absolute Gasteiger partial charge is 0.189 e. The van der Waals surface area contributed by atoms with Crippen LogP contribution in [-0.2, 0) is 0 Å². The summed E-state index contributed by atoms with van der Waals surface area (Å²) in [6, 6.07) is 0. The second-order valence-electron chi connectivity index (χ2n) is 4.20. The van der Waals surface area contributed by atoms with Crippen molar-refractivity contribution in [2.45, 2.75) is 23.7 Å². The van der Waals surface area contributed by atoms with E-state index in [1.165, 1.54) is 0 Å². The summed E-state index contributed by atoms with van der Waals surface area (Å²) in [5.41, 5.74) is -5.42. The topological polar surface area (TPSA) is 0 Å². The molecule has 0 aromatic heterocycles. The summed E-state index contributed by atoms with van der Waals surface area (Å²) in [7, 11) is -3.97. The highest BCUT2D eigenvalue weighted by Crippen LogP contribution is 2.70. The lowest BCUT2D eigenvalue weighted by molar-refractivity contribution is -0.382. The normalized spacial score (nSPS) is 16.2. The van der Waals surface area contributed by atoms with Crippen LogP contribution >= 0.6 is 7.26 Å². The molecule has 0 aliphatic heterocycles. The van der Waals surface area contributed by atoms with Crippen LogP contribution in [0.3, 0.4) is 0 Å². The Morgan fingerprint density at radius 2 is 0.882 bits per heavy atom. The maximum atomic E-state index is 13.1. The molecule has 0 fully saturated rings. The van der Waals surface area contributed by atoms with E-state index in [4.69, 9.17) is 0 Å². The Kier molecular flexibility index (Phi) is 3.85. The van der Waals surface area contributed by atoms with Crippen LogP contribution in [0.2, 0.25) is 0 Å². The Morgan fingerprint density at radius 3 is 1.06 bits per heavy atom. The van der Waals surface area contributed by atoms with E-state index < -0.39 is 30.9 Å². The molecule has 0 spiro atoms. The summed E-state index contributed by atoms with van der Waals surface area (Å²) in [5.74, 6) is -13.3. The van der Waals surface area contributed by atoms with Crippen molar-refractivity contribution < 1.29 is 39.5 Å². The molecule has 0 unspecified atom stereocenters. The van der Waals surface area contributed by atoms with Crippen molar-refractivity contribution in [3.05, 3.63) is 0 Å². The Labute approximate surface area is 91.5 Å². The molecule has 104 valence electrons. The van der Waals surface area contributed by atoms with Crippen LogP contribution in [0.15, 0.2) is 0 Å². The lowest BCUT2D eigenvalue weighted by Gasteiger charge is -2.35. The maximum Gasteiger partial charge on any atom is 0.460 e. The molecule has 0 amide bonds. The fourth-order valence-corrected chi connectivity index (χ4v) is 1.77. The first-order chi connectivity index (χ1) is 7.00. The molecule has 0 rings (SSSR count). The van der Waals surface area contributed by atoms with Gasteiger partial charge in [-0.15, -0.1) is 0 Å². The van der Waals surface area contributed by atoms with Crippen LogP contribution in [-0.4, -0.2) is 43.7 Å². The molecule has 0 atom stereocenters. The third-order valence-electron chi connectivity index (χ3n) is 1.97. The molecule has 0 aromatic rings. The SMILES string of the molecule is C[P+](C)(C)C(F)(F)C(F)(F)C(F)(F)C(F)(F)F. The van der Waals surface area contributed by atoms with E-state index in [1.807, 2.05) is 0 Å². The minimum absolute atomic E-state index is 0.549. The van der Waals surface area contributed by atoms with Crippen LogP contribution in [0.25, 0.3) is 0 Å². The molecule has 0 radical (unpaired) electrons. The number of hydrogen-bond donors (Lipinski definition) is 0. The van der Waals surface area contributed by atoms with Gasteiger partial charge in [-0.3, -0.25) is 0 Å². The molecular formula is C7H9F9P+. The molecule has 17 heavy (non-hydrogen) atoms. The molecule has 0 aliphatic carbocycles. The van der Waals surface area contributed by atoms with Gasteiger partial charge >= 0.3 is 23.7 Å². The second kappa shape index (κ2) is 3.90. The molecule has 0 heterocycles. The van der Waals surface area contributed by atoms with E-state index in [0.29, 0.717) is 20.0 Å². The minimum atomic E-state index is -6.78. The highest BCUT2D eigenvalue weighted by molar-refractivity contribution is 7.74. The molecule has 0 bridgehead atoms. The summed E-state index contributed by atoms with van der Waals surface area (Å²) in [6.45, 7) is 1.65. The number of alkyl halides is 9. The monoisotopic (exact) mass is 295 g/mol. The quantitative estimate of drug-likeness (QED) is 0.537. The molecule has 0 nitrogen and oxygen atoms in total. The molecular weight excluding hydrogens is 286 g/mol. The predicted molar refractivity (Wildman–Crippen MR) is 45.6 cm³/mol. The first-order valence-electron chi connectivity index (χ1n) is 4.02. The molecule has 0 saturated carbocycles. The van der Waals surface area contributed by atoms with Crippen molar-refractivity contribution in [3.8, 4) is 0 Å². The van der Waals surface area contributed by atoms with E-state index in [9.17, 15) is 39.5 Å². The van der Waals surface area contributed by atoms with Crippen LogP contribution in [0.5, 0.6) is 0 Å². The summed E-state index contributed by atoms with van der Waals surface area (Å²) in [4.78, 5) is 0. The second-order valence-corrected chi connectivity index (χ2v) is 8.79. The first kappa shape index (κ1) is 16.8. The van der Waals surface area contributed by atoms with E-state index >= 15 is 0 Å². The Morgan fingerprint density at radius 1 is 0.588 bits per heavy atom. The Hall–Kier alpha value is -0.200. The molecule has 10 heteroatoms. The zero-order chi connectivity index (χ0) is 14.5. The zero-order valence-corrected chi connectivity index (χ0v) is 9.74. The summed E-state index contributed by atoms with van der Waals surface area (Å²) in [6.07, 6.45) is -6.74.